The number of rotatable bonds is 6. The molecule has 0 aliphatic rings. The van der Waals surface area contributed by atoms with E-state index in [1.807, 2.05) is 0 Å². The third kappa shape index (κ3) is 2.83. The molecule has 0 spiro atoms. The van der Waals surface area contributed by atoms with Crippen LogP contribution in [0.15, 0.2) is 18.2 Å². The average Bonchev–Trinajstić information content (AvgIpc) is 2.34. The van der Waals surface area contributed by atoms with Gasteiger partial charge in [-0.05, 0) is 18.2 Å². The zero-order chi connectivity index (χ0) is 12.8. The highest BCUT2D eigenvalue weighted by atomic mass is 16.7. The number of carbonyl (C=O) groups is 1. The van der Waals surface area contributed by atoms with Gasteiger partial charge in [-0.2, -0.15) is 0 Å². The fourth-order valence-electron chi connectivity index (χ4n) is 1.31. The molecule has 1 aromatic rings. The minimum Gasteiger partial charge on any atom is -0.493 e. The molecule has 0 amide bonds. The van der Waals surface area contributed by atoms with Gasteiger partial charge in [0.1, 0.15) is 0 Å². The molecule has 0 aliphatic heterocycles. The lowest BCUT2D eigenvalue weighted by Gasteiger charge is -2.11. The summed E-state index contributed by atoms with van der Waals surface area (Å²) >= 11 is 0. The predicted molar refractivity (Wildman–Crippen MR) is 56.4 cm³/mol. The molecule has 1 aromatic carbocycles. The number of ether oxygens (including phenoxy) is 3. The maximum Gasteiger partial charge on any atom is 0.382 e. The van der Waals surface area contributed by atoms with Crippen molar-refractivity contribution in [1.82, 2.24) is 0 Å². The standard InChI is InChI=1S/C10H11NO6/c1-15-8-4-3-7(5-9(8)16-2)10(11(13)14)17-6-12/h3-6,10H,1-2H3. The van der Waals surface area contributed by atoms with E-state index in [-0.39, 0.29) is 12.0 Å². The van der Waals surface area contributed by atoms with E-state index in [0.717, 1.165) is 0 Å². The summed E-state index contributed by atoms with van der Waals surface area (Å²) in [7, 11) is 2.85. The fraction of sp³-hybridized carbons (Fsp3) is 0.300. The number of nitrogens with zero attached hydrogens (tertiary/aromatic N) is 1. The Balaban J connectivity index is 3.12. The Morgan fingerprint density at radius 1 is 1.29 bits per heavy atom. The molecule has 0 saturated heterocycles. The summed E-state index contributed by atoms with van der Waals surface area (Å²) in [5.41, 5.74) is 0.194. The number of hydrogen-bond acceptors (Lipinski definition) is 6. The van der Waals surface area contributed by atoms with Crippen LogP contribution in [0.2, 0.25) is 0 Å². The average molecular weight is 241 g/mol. The van der Waals surface area contributed by atoms with Gasteiger partial charge in [0.2, 0.25) is 0 Å². The van der Waals surface area contributed by atoms with Gasteiger partial charge in [0.25, 0.3) is 6.47 Å². The molecule has 92 valence electrons. The minimum absolute atomic E-state index is 0.0319. The van der Waals surface area contributed by atoms with Crippen molar-refractivity contribution >= 4 is 6.47 Å². The van der Waals surface area contributed by atoms with E-state index >= 15 is 0 Å². The van der Waals surface area contributed by atoms with Crippen molar-refractivity contribution in [3.05, 3.63) is 33.9 Å². The molecule has 1 rings (SSSR count). The molecule has 1 unspecified atom stereocenters. The molecular formula is C10H11NO6. The third-order valence-electron chi connectivity index (χ3n) is 2.07. The highest BCUT2D eigenvalue weighted by Gasteiger charge is 2.25. The van der Waals surface area contributed by atoms with Gasteiger partial charge in [-0.15, -0.1) is 0 Å². The summed E-state index contributed by atoms with van der Waals surface area (Å²) < 4.78 is 14.4. The van der Waals surface area contributed by atoms with Crippen molar-refractivity contribution in [1.29, 1.82) is 0 Å². The highest BCUT2D eigenvalue weighted by molar-refractivity contribution is 5.44. The van der Waals surface area contributed by atoms with E-state index in [4.69, 9.17) is 9.47 Å². The van der Waals surface area contributed by atoms with Gasteiger partial charge in [0.05, 0.1) is 24.7 Å². The van der Waals surface area contributed by atoms with Crippen LogP contribution in [0.5, 0.6) is 11.5 Å². The summed E-state index contributed by atoms with van der Waals surface area (Å²) in [4.78, 5) is 20.2. The summed E-state index contributed by atoms with van der Waals surface area (Å²) in [6, 6.07) is 4.31. The van der Waals surface area contributed by atoms with E-state index < -0.39 is 11.2 Å². The van der Waals surface area contributed by atoms with Gasteiger partial charge in [0, 0.05) is 0 Å². The first-order chi connectivity index (χ1) is 8.13. The minimum atomic E-state index is -1.55. The fourth-order valence-corrected chi connectivity index (χ4v) is 1.31. The van der Waals surface area contributed by atoms with Crippen LogP contribution in [0.3, 0.4) is 0 Å². The van der Waals surface area contributed by atoms with Crippen molar-refractivity contribution < 1.29 is 23.9 Å². The molecule has 0 aromatic heterocycles. The van der Waals surface area contributed by atoms with Gasteiger partial charge in [0.15, 0.2) is 11.5 Å². The number of methoxy groups -OCH3 is 2. The van der Waals surface area contributed by atoms with Crippen LogP contribution >= 0.6 is 0 Å². The Kier molecular flexibility index (Phi) is 4.27. The van der Waals surface area contributed by atoms with Gasteiger partial charge >= 0.3 is 6.23 Å². The molecular weight excluding hydrogens is 230 g/mol. The first-order valence-electron chi connectivity index (χ1n) is 4.58. The van der Waals surface area contributed by atoms with Gasteiger partial charge in [-0.1, -0.05) is 0 Å². The van der Waals surface area contributed by atoms with E-state index in [0.29, 0.717) is 11.5 Å². The van der Waals surface area contributed by atoms with E-state index in [9.17, 15) is 14.9 Å². The molecule has 0 bridgehead atoms. The van der Waals surface area contributed by atoms with E-state index in [1.54, 1.807) is 0 Å². The van der Waals surface area contributed by atoms with Crippen LogP contribution in [0.4, 0.5) is 0 Å². The zero-order valence-corrected chi connectivity index (χ0v) is 9.28. The third-order valence-corrected chi connectivity index (χ3v) is 2.07. The topological polar surface area (TPSA) is 87.9 Å². The second kappa shape index (κ2) is 5.69. The Hall–Kier alpha value is -2.31. The summed E-state index contributed by atoms with van der Waals surface area (Å²) in [5, 5.41) is 10.7. The van der Waals surface area contributed by atoms with E-state index in [2.05, 4.69) is 4.74 Å². The van der Waals surface area contributed by atoms with Crippen LogP contribution < -0.4 is 9.47 Å². The van der Waals surface area contributed by atoms with Crippen LogP contribution in [0.25, 0.3) is 0 Å². The Morgan fingerprint density at radius 3 is 2.41 bits per heavy atom. The van der Waals surface area contributed by atoms with Gasteiger partial charge in [-0.25, -0.2) is 0 Å². The van der Waals surface area contributed by atoms with Crippen molar-refractivity contribution in [3.8, 4) is 11.5 Å². The predicted octanol–water partition coefficient (Wildman–Crippen LogP) is 1.15. The number of carbonyl (C=O) groups excluding carboxylic acids is 1. The van der Waals surface area contributed by atoms with Gasteiger partial charge in [-0.3, -0.25) is 14.9 Å². The first kappa shape index (κ1) is 12.8. The second-order valence-corrected chi connectivity index (χ2v) is 2.98. The number of nitro groups is 1. The summed E-state index contributed by atoms with van der Waals surface area (Å²) in [5.74, 6) is 0.760. The van der Waals surface area contributed by atoms with Crippen molar-refractivity contribution in [3.63, 3.8) is 0 Å². The highest BCUT2D eigenvalue weighted by Crippen LogP contribution is 2.30. The SMILES string of the molecule is COc1ccc(C(OC=O)[N+](=O)[O-])cc1OC. The normalized spacial score (nSPS) is 11.4. The quantitative estimate of drug-likeness (QED) is 0.321. The maximum absolute atomic E-state index is 10.7. The number of benzene rings is 1. The monoisotopic (exact) mass is 241 g/mol. The van der Waals surface area contributed by atoms with Crippen molar-refractivity contribution in [2.75, 3.05) is 14.2 Å². The molecule has 7 nitrogen and oxygen atoms in total. The van der Waals surface area contributed by atoms with Crippen LogP contribution in [0.1, 0.15) is 11.8 Å². The molecule has 0 saturated carbocycles. The zero-order valence-electron chi connectivity index (χ0n) is 9.28. The van der Waals surface area contributed by atoms with E-state index in [1.165, 1.54) is 32.4 Å². The molecule has 0 fully saturated rings. The molecule has 0 N–H and O–H groups in total. The lowest BCUT2D eigenvalue weighted by Crippen LogP contribution is -2.13. The lowest BCUT2D eigenvalue weighted by molar-refractivity contribution is -0.574. The van der Waals surface area contributed by atoms with Crippen molar-refractivity contribution in [2.24, 2.45) is 0 Å². The molecule has 17 heavy (non-hydrogen) atoms. The summed E-state index contributed by atoms with van der Waals surface area (Å²) in [6.07, 6.45) is -1.55. The van der Waals surface area contributed by atoms with Crippen LogP contribution in [-0.4, -0.2) is 25.6 Å². The molecule has 0 radical (unpaired) electrons. The van der Waals surface area contributed by atoms with Gasteiger partial charge < -0.3 is 14.2 Å². The van der Waals surface area contributed by atoms with Crippen molar-refractivity contribution in [2.45, 2.75) is 6.23 Å². The molecule has 0 aliphatic carbocycles. The largest absolute Gasteiger partial charge is 0.493 e. The smallest absolute Gasteiger partial charge is 0.382 e. The second-order valence-electron chi connectivity index (χ2n) is 2.98. The Bertz CT molecular complexity index is 419. The Labute approximate surface area is 97.0 Å². The van der Waals surface area contributed by atoms with Crippen LogP contribution in [-0.2, 0) is 9.53 Å². The molecule has 0 heterocycles. The lowest BCUT2D eigenvalue weighted by atomic mass is 10.2. The Morgan fingerprint density at radius 2 is 1.94 bits per heavy atom. The molecule has 7 heteroatoms. The molecule has 1 atom stereocenters. The maximum atomic E-state index is 10.7. The van der Waals surface area contributed by atoms with Crippen LogP contribution in [0, 0.1) is 10.1 Å². The summed E-state index contributed by atoms with van der Waals surface area (Å²) in [6.45, 7) is 0.0319. The first-order valence-corrected chi connectivity index (χ1v) is 4.58. The number of hydrogen-bond donors (Lipinski definition) is 0.